The first-order valence-electron chi connectivity index (χ1n) is 6.86. The van der Waals surface area contributed by atoms with Gasteiger partial charge in [0, 0.05) is 6.42 Å². The van der Waals surface area contributed by atoms with Crippen molar-refractivity contribution in [1.29, 1.82) is 0 Å². The van der Waals surface area contributed by atoms with E-state index < -0.39 is 0 Å². The minimum atomic E-state index is 0.308. The minimum absolute atomic E-state index is 0.308. The van der Waals surface area contributed by atoms with Crippen LogP contribution in [0.2, 0.25) is 0 Å². The van der Waals surface area contributed by atoms with Gasteiger partial charge in [0.15, 0.2) is 5.78 Å². The summed E-state index contributed by atoms with van der Waals surface area (Å²) in [5.74, 6) is 0.308. The predicted octanol–water partition coefficient (Wildman–Crippen LogP) is 3.83. The predicted molar refractivity (Wildman–Crippen MR) is 77.3 cm³/mol. The first-order valence-corrected chi connectivity index (χ1v) is 7.74. The van der Waals surface area contributed by atoms with Gasteiger partial charge < -0.3 is 4.90 Å². The van der Waals surface area contributed by atoms with E-state index in [-0.39, 0.29) is 0 Å². The second kappa shape index (κ2) is 5.98. The first kappa shape index (κ1) is 13.8. The van der Waals surface area contributed by atoms with E-state index in [1.807, 2.05) is 17.5 Å². The molecule has 0 bridgehead atoms. The van der Waals surface area contributed by atoms with Crippen molar-refractivity contribution in [1.82, 2.24) is 4.90 Å². The number of nitrogens with zero attached hydrogens (tertiary/aromatic N) is 1. The number of likely N-dealkylation sites (tertiary alicyclic amines) is 1. The normalized spacial score (nSPS) is 19.9. The molecule has 0 amide bonds. The van der Waals surface area contributed by atoms with Gasteiger partial charge in [0.1, 0.15) is 0 Å². The van der Waals surface area contributed by atoms with E-state index in [0.717, 1.165) is 17.8 Å². The lowest BCUT2D eigenvalue weighted by atomic mass is 9.82. The molecule has 1 fully saturated rings. The average Bonchev–Trinajstić information content (AvgIpc) is 2.85. The van der Waals surface area contributed by atoms with Crippen LogP contribution in [-0.2, 0) is 0 Å². The molecule has 0 aliphatic carbocycles. The van der Waals surface area contributed by atoms with E-state index in [1.165, 1.54) is 25.9 Å². The Labute approximate surface area is 114 Å². The van der Waals surface area contributed by atoms with Crippen LogP contribution in [0, 0.1) is 5.41 Å². The molecule has 0 N–H and O–H groups in total. The Morgan fingerprint density at radius 3 is 2.72 bits per heavy atom. The molecule has 2 heterocycles. The third-order valence-corrected chi connectivity index (χ3v) is 4.79. The first-order chi connectivity index (χ1) is 8.57. The van der Waals surface area contributed by atoms with E-state index >= 15 is 0 Å². The molecular formula is C15H23NOS. The zero-order chi connectivity index (χ0) is 13.0. The summed E-state index contributed by atoms with van der Waals surface area (Å²) in [4.78, 5) is 15.3. The molecule has 0 aromatic carbocycles. The Morgan fingerprint density at radius 1 is 1.39 bits per heavy atom. The van der Waals surface area contributed by atoms with Gasteiger partial charge in [-0.2, -0.15) is 0 Å². The fourth-order valence-electron chi connectivity index (χ4n) is 2.41. The summed E-state index contributed by atoms with van der Waals surface area (Å²) in [7, 11) is 0. The van der Waals surface area contributed by atoms with Gasteiger partial charge in [-0.05, 0) is 55.8 Å². The van der Waals surface area contributed by atoms with Crippen LogP contribution in [0.25, 0.3) is 0 Å². The Balaban J connectivity index is 1.66. The van der Waals surface area contributed by atoms with Gasteiger partial charge in [-0.3, -0.25) is 4.79 Å². The lowest BCUT2D eigenvalue weighted by molar-refractivity contribution is 0.0963. The van der Waals surface area contributed by atoms with Gasteiger partial charge in [0.25, 0.3) is 0 Å². The Kier molecular flexibility index (Phi) is 4.57. The van der Waals surface area contributed by atoms with E-state index in [2.05, 4.69) is 18.7 Å². The largest absolute Gasteiger partial charge is 0.303 e. The summed E-state index contributed by atoms with van der Waals surface area (Å²) in [6.45, 7) is 8.17. The number of rotatable bonds is 5. The van der Waals surface area contributed by atoms with Crippen molar-refractivity contribution in [3.05, 3.63) is 22.4 Å². The molecule has 100 valence electrons. The maximum atomic E-state index is 11.8. The zero-order valence-corrected chi connectivity index (χ0v) is 12.3. The smallest absolute Gasteiger partial charge is 0.172 e. The molecule has 0 spiro atoms. The topological polar surface area (TPSA) is 20.3 Å². The molecule has 0 radical (unpaired) electrons. The van der Waals surface area contributed by atoms with Crippen molar-refractivity contribution < 1.29 is 4.79 Å². The molecule has 2 nitrogen and oxygen atoms in total. The van der Waals surface area contributed by atoms with E-state index in [0.29, 0.717) is 17.6 Å². The van der Waals surface area contributed by atoms with Crippen LogP contribution in [0.15, 0.2) is 17.5 Å². The van der Waals surface area contributed by atoms with Crippen LogP contribution < -0.4 is 0 Å². The number of carbonyl (C=O) groups excluding carboxylic acids is 1. The third-order valence-electron chi connectivity index (χ3n) is 3.88. The van der Waals surface area contributed by atoms with Gasteiger partial charge in [-0.1, -0.05) is 19.9 Å². The summed E-state index contributed by atoms with van der Waals surface area (Å²) >= 11 is 1.55. The highest BCUT2D eigenvalue weighted by molar-refractivity contribution is 7.12. The van der Waals surface area contributed by atoms with Gasteiger partial charge >= 0.3 is 0 Å². The molecule has 3 heteroatoms. The number of Topliss-reactive ketones (excluding diaryl/α,β-unsaturated/α-hetero) is 1. The van der Waals surface area contributed by atoms with Crippen molar-refractivity contribution in [2.45, 2.75) is 39.5 Å². The summed E-state index contributed by atoms with van der Waals surface area (Å²) in [5, 5.41) is 1.97. The van der Waals surface area contributed by atoms with Gasteiger partial charge in [0.05, 0.1) is 4.88 Å². The average molecular weight is 265 g/mol. The zero-order valence-electron chi connectivity index (χ0n) is 11.4. The Bertz CT molecular complexity index is 373. The molecule has 1 aromatic rings. The van der Waals surface area contributed by atoms with Crippen molar-refractivity contribution in [3.8, 4) is 0 Å². The highest BCUT2D eigenvalue weighted by Crippen LogP contribution is 2.29. The second-order valence-corrected chi connectivity index (χ2v) is 6.96. The number of hydrogen-bond acceptors (Lipinski definition) is 3. The summed E-state index contributed by atoms with van der Waals surface area (Å²) in [5.41, 5.74) is 0.517. The minimum Gasteiger partial charge on any atom is -0.303 e. The monoisotopic (exact) mass is 265 g/mol. The van der Waals surface area contributed by atoms with Crippen molar-refractivity contribution in [2.75, 3.05) is 19.6 Å². The van der Waals surface area contributed by atoms with Crippen LogP contribution in [0.3, 0.4) is 0 Å². The van der Waals surface area contributed by atoms with E-state index in [4.69, 9.17) is 0 Å². The highest BCUT2D eigenvalue weighted by atomic mass is 32.1. The van der Waals surface area contributed by atoms with Crippen LogP contribution in [0.4, 0.5) is 0 Å². The molecular weight excluding hydrogens is 242 g/mol. The molecule has 1 aliphatic heterocycles. The summed E-state index contributed by atoms with van der Waals surface area (Å²) in [6.07, 6.45) is 4.26. The maximum Gasteiger partial charge on any atom is 0.172 e. The number of carbonyl (C=O) groups is 1. The number of ketones is 1. The molecule has 18 heavy (non-hydrogen) atoms. The van der Waals surface area contributed by atoms with Gasteiger partial charge in [-0.25, -0.2) is 0 Å². The van der Waals surface area contributed by atoms with Gasteiger partial charge in [0.2, 0.25) is 0 Å². The van der Waals surface area contributed by atoms with Crippen LogP contribution >= 0.6 is 11.3 Å². The summed E-state index contributed by atoms with van der Waals surface area (Å²) in [6, 6.07) is 3.88. The van der Waals surface area contributed by atoms with Crippen LogP contribution in [0.5, 0.6) is 0 Å². The second-order valence-electron chi connectivity index (χ2n) is 6.01. The number of thiophene rings is 1. The summed E-state index contributed by atoms with van der Waals surface area (Å²) < 4.78 is 0. The lowest BCUT2D eigenvalue weighted by Gasteiger charge is -2.36. The highest BCUT2D eigenvalue weighted by Gasteiger charge is 2.24. The molecule has 1 aromatic heterocycles. The fourth-order valence-corrected chi connectivity index (χ4v) is 3.10. The Morgan fingerprint density at radius 2 is 2.11 bits per heavy atom. The van der Waals surface area contributed by atoms with Gasteiger partial charge in [-0.15, -0.1) is 11.3 Å². The quantitative estimate of drug-likeness (QED) is 0.754. The molecule has 0 atom stereocenters. The molecule has 2 rings (SSSR count). The number of piperidine rings is 1. The van der Waals surface area contributed by atoms with Crippen molar-refractivity contribution >= 4 is 17.1 Å². The maximum absolute atomic E-state index is 11.8. The third kappa shape index (κ3) is 3.92. The Hall–Kier alpha value is -0.670. The molecule has 1 aliphatic rings. The molecule has 0 saturated carbocycles. The van der Waals surface area contributed by atoms with Crippen LogP contribution in [0.1, 0.15) is 49.2 Å². The lowest BCUT2D eigenvalue weighted by Crippen LogP contribution is -2.37. The van der Waals surface area contributed by atoms with Crippen LogP contribution in [-0.4, -0.2) is 30.3 Å². The molecule has 1 saturated heterocycles. The van der Waals surface area contributed by atoms with E-state index in [9.17, 15) is 4.79 Å². The van der Waals surface area contributed by atoms with E-state index in [1.54, 1.807) is 11.3 Å². The number of hydrogen-bond donors (Lipinski definition) is 0. The fraction of sp³-hybridized carbons (Fsp3) is 0.667. The van der Waals surface area contributed by atoms with Crippen molar-refractivity contribution in [2.24, 2.45) is 5.41 Å². The SMILES string of the molecule is CC1(C)CCN(CCCC(=O)c2cccs2)CC1. The van der Waals surface area contributed by atoms with Crippen molar-refractivity contribution in [3.63, 3.8) is 0 Å². The molecule has 0 unspecified atom stereocenters. The standard InChI is InChI=1S/C15H23NOS/c1-15(2)7-10-16(11-8-15)9-3-5-13(17)14-6-4-12-18-14/h4,6,12H,3,5,7-11H2,1-2H3.